The van der Waals surface area contributed by atoms with Gasteiger partial charge < -0.3 is 0 Å². The zero-order valence-electron chi connectivity index (χ0n) is 14.5. The summed E-state index contributed by atoms with van der Waals surface area (Å²) in [5, 5.41) is 0. The summed E-state index contributed by atoms with van der Waals surface area (Å²) in [5.74, 6) is 1.83. The number of allylic oxidation sites excluding steroid dienone is 4. The number of rotatable bonds is 13. The van der Waals surface area contributed by atoms with Crippen molar-refractivity contribution >= 4 is 0 Å². The highest BCUT2D eigenvalue weighted by Gasteiger charge is 2.14. The molecule has 0 aromatic rings. The van der Waals surface area contributed by atoms with Crippen LogP contribution in [0.25, 0.3) is 0 Å². The van der Waals surface area contributed by atoms with E-state index in [0.29, 0.717) is 0 Å². The Morgan fingerprint density at radius 1 is 0.750 bits per heavy atom. The Morgan fingerprint density at radius 3 is 1.80 bits per heavy atom. The van der Waals surface area contributed by atoms with Gasteiger partial charge in [-0.05, 0) is 63.2 Å². The smallest absolute Gasteiger partial charge is 0.0351 e. The molecule has 2 unspecified atom stereocenters. The second-order valence-electron chi connectivity index (χ2n) is 6.15. The predicted octanol–water partition coefficient (Wildman–Crippen LogP) is 7.31. The molecule has 118 valence electrons. The lowest BCUT2D eigenvalue weighted by Gasteiger charge is -2.22. The number of unbranched alkanes of at least 4 members (excludes halogenated alkanes) is 3. The van der Waals surface area contributed by atoms with Crippen molar-refractivity contribution in [2.45, 2.75) is 91.9 Å². The lowest BCUT2D eigenvalue weighted by Crippen LogP contribution is -2.11. The predicted molar refractivity (Wildman–Crippen MR) is 94.1 cm³/mol. The Balaban J connectivity index is 3.87. The van der Waals surface area contributed by atoms with E-state index in [1.54, 1.807) is 0 Å². The molecule has 0 heteroatoms. The largest absolute Gasteiger partial charge is 0.0888 e. The molecule has 0 rings (SSSR count). The van der Waals surface area contributed by atoms with Crippen LogP contribution in [-0.4, -0.2) is 0 Å². The molecule has 0 aliphatic rings. The van der Waals surface area contributed by atoms with Crippen LogP contribution in [-0.2, 0) is 0 Å². The lowest BCUT2D eigenvalue weighted by molar-refractivity contribution is 0.296. The summed E-state index contributed by atoms with van der Waals surface area (Å²) in [4.78, 5) is 0. The maximum absolute atomic E-state index is 2.44. The maximum atomic E-state index is 2.44. The van der Waals surface area contributed by atoms with Gasteiger partial charge in [-0.1, -0.05) is 64.8 Å². The van der Waals surface area contributed by atoms with E-state index >= 15 is 0 Å². The Morgan fingerprint density at radius 2 is 1.30 bits per heavy atom. The van der Waals surface area contributed by atoms with Crippen LogP contribution in [0.5, 0.6) is 0 Å². The third kappa shape index (κ3) is 11.3. The zero-order chi connectivity index (χ0) is 15.1. The highest BCUT2D eigenvalue weighted by atomic mass is 14.2. The molecule has 0 aromatic heterocycles. The van der Waals surface area contributed by atoms with Crippen molar-refractivity contribution in [3.05, 3.63) is 24.3 Å². The van der Waals surface area contributed by atoms with Gasteiger partial charge in [-0.15, -0.1) is 0 Å². The summed E-state index contributed by atoms with van der Waals surface area (Å²) in [6.45, 7) is 9.25. The molecule has 0 saturated carbocycles. The highest BCUT2D eigenvalue weighted by Crippen LogP contribution is 2.26. The molecule has 0 fully saturated rings. The van der Waals surface area contributed by atoms with Crippen LogP contribution in [0.3, 0.4) is 0 Å². The quantitative estimate of drug-likeness (QED) is 0.245. The number of hydrogen-bond donors (Lipinski definition) is 0. The summed E-state index contributed by atoms with van der Waals surface area (Å²) >= 11 is 0. The summed E-state index contributed by atoms with van der Waals surface area (Å²) in [7, 11) is 0. The molecule has 0 aliphatic carbocycles. The number of hydrogen-bond acceptors (Lipinski definition) is 0. The van der Waals surface area contributed by atoms with E-state index in [2.05, 4.69) is 52.0 Å². The van der Waals surface area contributed by atoms with Crippen molar-refractivity contribution in [1.29, 1.82) is 0 Å². The van der Waals surface area contributed by atoms with Gasteiger partial charge in [-0.2, -0.15) is 0 Å². The van der Waals surface area contributed by atoms with Gasteiger partial charge in [-0.3, -0.25) is 0 Å². The van der Waals surface area contributed by atoms with Gasteiger partial charge in [0.05, 0.1) is 0 Å². The minimum Gasteiger partial charge on any atom is -0.0888 e. The first-order valence-corrected chi connectivity index (χ1v) is 9.06. The minimum atomic E-state index is 0.893. The van der Waals surface area contributed by atoms with E-state index in [1.165, 1.54) is 64.2 Å². The van der Waals surface area contributed by atoms with Crippen molar-refractivity contribution in [2.75, 3.05) is 0 Å². The molecule has 0 radical (unpaired) electrons. The summed E-state index contributed by atoms with van der Waals surface area (Å²) in [6, 6.07) is 0. The van der Waals surface area contributed by atoms with Crippen molar-refractivity contribution in [3.8, 4) is 0 Å². The molecule has 0 aliphatic heterocycles. The molecule has 0 spiro atoms. The molecule has 0 bridgehead atoms. The minimum absolute atomic E-state index is 0.893. The van der Waals surface area contributed by atoms with Crippen LogP contribution in [0.4, 0.5) is 0 Å². The zero-order valence-corrected chi connectivity index (χ0v) is 14.5. The van der Waals surface area contributed by atoms with Crippen molar-refractivity contribution in [3.63, 3.8) is 0 Å². The first-order chi connectivity index (χ1) is 9.76. The fraction of sp³-hybridized carbons (Fsp3) is 0.800. The summed E-state index contributed by atoms with van der Waals surface area (Å²) in [5.41, 5.74) is 0. The first kappa shape index (κ1) is 19.5. The van der Waals surface area contributed by atoms with Gasteiger partial charge in [0.1, 0.15) is 0 Å². The van der Waals surface area contributed by atoms with Gasteiger partial charge >= 0.3 is 0 Å². The van der Waals surface area contributed by atoms with Crippen molar-refractivity contribution < 1.29 is 0 Å². The fourth-order valence-corrected chi connectivity index (χ4v) is 2.73. The van der Waals surface area contributed by atoms with E-state index in [4.69, 9.17) is 0 Å². The third-order valence-electron chi connectivity index (χ3n) is 4.36. The van der Waals surface area contributed by atoms with Crippen LogP contribution in [0.2, 0.25) is 0 Å². The second kappa shape index (κ2) is 14.9. The third-order valence-corrected chi connectivity index (χ3v) is 4.36. The first-order valence-electron chi connectivity index (χ1n) is 9.06. The van der Waals surface area contributed by atoms with Crippen LogP contribution < -0.4 is 0 Å². The van der Waals surface area contributed by atoms with Crippen LogP contribution in [0.15, 0.2) is 24.3 Å². The van der Waals surface area contributed by atoms with Crippen LogP contribution >= 0.6 is 0 Å². The average molecular weight is 279 g/mol. The summed E-state index contributed by atoms with van der Waals surface area (Å²) in [6.07, 6.45) is 22.6. The molecule has 0 saturated heterocycles. The Hall–Kier alpha value is -0.520. The molecule has 0 amide bonds. The van der Waals surface area contributed by atoms with Gasteiger partial charge in [0.25, 0.3) is 0 Å². The topological polar surface area (TPSA) is 0 Å². The van der Waals surface area contributed by atoms with Crippen LogP contribution in [0.1, 0.15) is 91.9 Å². The maximum Gasteiger partial charge on any atom is -0.0351 e. The second-order valence-corrected chi connectivity index (χ2v) is 6.15. The average Bonchev–Trinajstić information content (AvgIpc) is 2.47. The standard InChI is InChI=1S/C20H38/c1-5-8-10-12-14-16-18-20(19(4)7-3)17-15-13-11-9-6-2/h9-12,19-20H,5-8,13-18H2,1-4H3/b11-9-,12-10-. The van der Waals surface area contributed by atoms with E-state index < -0.39 is 0 Å². The monoisotopic (exact) mass is 278 g/mol. The molecule has 0 nitrogen and oxygen atoms in total. The van der Waals surface area contributed by atoms with Crippen molar-refractivity contribution in [2.24, 2.45) is 11.8 Å². The SMILES string of the molecule is CC/C=C\CCCC(CCC/C=C\CCC)C(C)CC. The fourth-order valence-electron chi connectivity index (χ4n) is 2.73. The molecule has 2 atom stereocenters. The molecular formula is C20H38. The van der Waals surface area contributed by atoms with Crippen LogP contribution in [0, 0.1) is 11.8 Å². The molecular weight excluding hydrogens is 240 g/mol. The molecule has 0 N–H and O–H groups in total. The van der Waals surface area contributed by atoms with Gasteiger partial charge in [0, 0.05) is 0 Å². The van der Waals surface area contributed by atoms with E-state index in [0.717, 1.165) is 11.8 Å². The molecule has 0 heterocycles. The van der Waals surface area contributed by atoms with E-state index in [1.807, 2.05) is 0 Å². The van der Waals surface area contributed by atoms with Gasteiger partial charge in [0.15, 0.2) is 0 Å². The van der Waals surface area contributed by atoms with E-state index in [9.17, 15) is 0 Å². The Kier molecular flexibility index (Phi) is 14.5. The molecule has 0 aromatic carbocycles. The summed E-state index contributed by atoms with van der Waals surface area (Å²) < 4.78 is 0. The molecule has 20 heavy (non-hydrogen) atoms. The van der Waals surface area contributed by atoms with E-state index in [-0.39, 0.29) is 0 Å². The lowest BCUT2D eigenvalue weighted by atomic mass is 9.83. The Bertz CT molecular complexity index is 236. The van der Waals surface area contributed by atoms with Crippen molar-refractivity contribution in [1.82, 2.24) is 0 Å². The normalized spacial score (nSPS) is 15.2. The van der Waals surface area contributed by atoms with Gasteiger partial charge in [-0.25, -0.2) is 0 Å². The Labute approximate surface area is 128 Å². The highest BCUT2D eigenvalue weighted by molar-refractivity contribution is 4.82. The van der Waals surface area contributed by atoms with Gasteiger partial charge in [0.2, 0.25) is 0 Å².